The third kappa shape index (κ3) is 2.56. The van der Waals surface area contributed by atoms with Crippen molar-refractivity contribution in [2.75, 3.05) is 0 Å². The first-order chi connectivity index (χ1) is 14.8. The van der Waals surface area contributed by atoms with Crippen LogP contribution in [-0.4, -0.2) is 15.1 Å². The number of fused-ring (bicyclic) bond motifs is 3. The van der Waals surface area contributed by atoms with E-state index in [0.29, 0.717) is 11.4 Å². The molecule has 30 heavy (non-hydrogen) atoms. The van der Waals surface area contributed by atoms with Gasteiger partial charge in [-0.2, -0.15) is 0 Å². The summed E-state index contributed by atoms with van der Waals surface area (Å²) in [6.45, 7) is 0. The summed E-state index contributed by atoms with van der Waals surface area (Å²) < 4.78 is 0. The molecule has 0 spiro atoms. The zero-order valence-corrected chi connectivity index (χ0v) is 16.1. The van der Waals surface area contributed by atoms with Crippen LogP contribution in [0.5, 0.6) is 5.75 Å². The number of hydrogen-bond acceptors (Lipinski definition) is 2. The van der Waals surface area contributed by atoms with E-state index in [2.05, 4.69) is 64.6 Å². The highest BCUT2D eigenvalue weighted by atomic mass is 16.3. The zero-order chi connectivity index (χ0) is 20.1. The maximum absolute atomic E-state index is 10.6. The first-order valence-corrected chi connectivity index (χ1v) is 9.97. The van der Waals surface area contributed by atoms with Gasteiger partial charge in [0.15, 0.2) is 0 Å². The molecule has 142 valence electrons. The minimum Gasteiger partial charge on any atom is -0.507 e. The van der Waals surface area contributed by atoms with Gasteiger partial charge in [-0.05, 0) is 63.0 Å². The van der Waals surface area contributed by atoms with Crippen molar-refractivity contribution >= 4 is 32.6 Å². The second-order valence-electron chi connectivity index (χ2n) is 7.53. The van der Waals surface area contributed by atoms with Crippen molar-refractivity contribution in [3.8, 4) is 28.3 Å². The number of aromatic amines is 1. The van der Waals surface area contributed by atoms with E-state index < -0.39 is 0 Å². The molecule has 1 aromatic heterocycles. The van der Waals surface area contributed by atoms with Gasteiger partial charge >= 0.3 is 0 Å². The molecule has 0 fully saturated rings. The standard InChI is InChI=1S/C27H18N2O/c30-25-14-13-19(16-22(25)27-28-23-11-5-6-12-24(23)29-27)26-20-9-3-1-7-17(20)15-18-8-2-4-10-21(18)26/h1-16,30H,(H,28,29). The fraction of sp³-hybridized carbons (Fsp3) is 0. The Hall–Kier alpha value is -4.11. The summed E-state index contributed by atoms with van der Waals surface area (Å²) >= 11 is 0. The van der Waals surface area contributed by atoms with Crippen LogP contribution in [0.4, 0.5) is 0 Å². The van der Waals surface area contributed by atoms with E-state index in [1.165, 1.54) is 27.1 Å². The molecule has 0 bridgehead atoms. The molecule has 6 rings (SSSR count). The Labute approximate surface area is 173 Å². The number of imidazole rings is 1. The fourth-order valence-electron chi connectivity index (χ4n) is 4.29. The first kappa shape index (κ1) is 16.8. The summed E-state index contributed by atoms with van der Waals surface area (Å²) in [6, 6.07) is 32.8. The highest BCUT2D eigenvalue weighted by Crippen LogP contribution is 2.39. The van der Waals surface area contributed by atoms with Crippen molar-refractivity contribution in [3.63, 3.8) is 0 Å². The minimum absolute atomic E-state index is 0.211. The SMILES string of the molecule is Oc1ccc(-c2c3ccccc3cc3ccccc23)cc1-c1nc2ccccc2[nH]1. The van der Waals surface area contributed by atoms with E-state index in [1.807, 2.05) is 36.4 Å². The molecule has 3 nitrogen and oxygen atoms in total. The summed E-state index contributed by atoms with van der Waals surface area (Å²) in [5.41, 5.74) is 4.75. The van der Waals surface area contributed by atoms with Crippen molar-refractivity contribution in [1.29, 1.82) is 0 Å². The Kier molecular flexibility index (Phi) is 3.62. The molecule has 0 aliphatic rings. The molecule has 0 saturated carbocycles. The number of nitrogens with one attached hydrogen (secondary N) is 1. The van der Waals surface area contributed by atoms with Gasteiger partial charge < -0.3 is 10.1 Å². The Morgan fingerprint density at radius 2 is 1.33 bits per heavy atom. The van der Waals surface area contributed by atoms with Gasteiger partial charge in [0.05, 0.1) is 16.6 Å². The van der Waals surface area contributed by atoms with Gasteiger partial charge in [-0.3, -0.25) is 0 Å². The van der Waals surface area contributed by atoms with E-state index in [4.69, 9.17) is 0 Å². The van der Waals surface area contributed by atoms with Crippen molar-refractivity contribution in [2.24, 2.45) is 0 Å². The van der Waals surface area contributed by atoms with E-state index in [9.17, 15) is 5.11 Å². The monoisotopic (exact) mass is 386 g/mol. The van der Waals surface area contributed by atoms with Gasteiger partial charge in [0.1, 0.15) is 11.6 Å². The lowest BCUT2D eigenvalue weighted by atomic mass is 9.91. The van der Waals surface area contributed by atoms with Gasteiger partial charge in [-0.25, -0.2) is 4.98 Å². The lowest BCUT2D eigenvalue weighted by Gasteiger charge is -2.13. The lowest BCUT2D eigenvalue weighted by Crippen LogP contribution is -1.88. The number of para-hydroxylation sites is 2. The molecule has 3 heteroatoms. The number of phenolic OH excluding ortho intramolecular Hbond substituents is 1. The fourth-order valence-corrected chi connectivity index (χ4v) is 4.29. The molecule has 0 saturated heterocycles. The molecule has 0 radical (unpaired) electrons. The number of nitrogens with zero attached hydrogens (tertiary/aromatic N) is 1. The number of benzene rings is 5. The molecule has 0 amide bonds. The second kappa shape index (κ2) is 6.46. The average Bonchev–Trinajstić information content (AvgIpc) is 3.22. The Bertz CT molecular complexity index is 1480. The van der Waals surface area contributed by atoms with Crippen LogP contribution in [0.25, 0.3) is 55.1 Å². The highest BCUT2D eigenvalue weighted by Gasteiger charge is 2.14. The molecule has 0 atom stereocenters. The van der Waals surface area contributed by atoms with E-state index in [1.54, 1.807) is 6.07 Å². The molecule has 0 unspecified atom stereocenters. The van der Waals surface area contributed by atoms with Gasteiger partial charge in [0, 0.05) is 0 Å². The minimum atomic E-state index is 0.211. The van der Waals surface area contributed by atoms with Gasteiger partial charge in [-0.15, -0.1) is 0 Å². The second-order valence-corrected chi connectivity index (χ2v) is 7.53. The largest absolute Gasteiger partial charge is 0.507 e. The van der Waals surface area contributed by atoms with E-state index in [-0.39, 0.29) is 5.75 Å². The summed E-state index contributed by atoms with van der Waals surface area (Å²) in [6.07, 6.45) is 0. The molecule has 2 N–H and O–H groups in total. The summed E-state index contributed by atoms with van der Waals surface area (Å²) in [4.78, 5) is 8.02. The molecule has 0 aliphatic heterocycles. The van der Waals surface area contributed by atoms with Crippen LogP contribution in [0.2, 0.25) is 0 Å². The molecule has 6 aromatic rings. The van der Waals surface area contributed by atoms with Gasteiger partial charge in [-0.1, -0.05) is 66.7 Å². The van der Waals surface area contributed by atoms with Crippen molar-refractivity contribution in [3.05, 3.63) is 97.1 Å². The van der Waals surface area contributed by atoms with Crippen LogP contribution in [0, 0.1) is 0 Å². The molecular formula is C27H18N2O. The molecular weight excluding hydrogens is 368 g/mol. The van der Waals surface area contributed by atoms with E-state index >= 15 is 0 Å². The van der Waals surface area contributed by atoms with Crippen molar-refractivity contribution in [2.45, 2.75) is 0 Å². The molecule has 5 aromatic carbocycles. The Morgan fingerprint density at radius 3 is 2.07 bits per heavy atom. The van der Waals surface area contributed by atoms with Crippen LogP contribution in [0.3, 0.4) is 0 Å². The Morgan fingerprint density at radius 1 is 0.667 bits per heavy atom. The van der Waals surface area contributed by atoms with Crippen LogP contribution in [-0.2, 0) is 0 Å². The third-order valence-electron chi connectivity index (χ3n) is 5.70. The third-order valence-corrected chi connectivity index (χ3v) is 5.70. The maximum atomic E-state index is 10.6. The van der Waals surface area contributed by atoms with Crippen LogP contribution >= 0.6 is 0 Å². The number of phenols is 1. The highest BCUT2D eigenvalue weighted by molar-refractivity contribution is 6.13. The zero-order valence-electron chi connectivity index (χ0n) is 16.1. The first-order valence-electron chi connectivity index (χ1n) is 9.97. The number of aromatic nitrogens is 2. The normalized spacial score (nSPS) is 11.5. The van der Waals surface area contributed by atoms with Gasteiger partial charge in [0.2, 0.25) is 0 Å². The maximum Gasteiger partial charge on any atom is 0.142 e. The van der Waals surface area contributed by atoms with Crippen molar-refractivity contribution < 1.29 is 5.11 Å². The predicted octanol–water partition coefficient (Wildman–Crippen LogP) is 6.91. The van der Waals surface area contributed by atoms with Crippen LogP contribution in [0.15, 0.2) is 97.1 Å². The average molecular weight is 386 g/mol. The number of rotatable bonds is 2. The number of H-pyrrole nitrogens is 1. The summed E-state index contributed by atoms with van der Waals surface area (Å²) in [7, 11) is 0. The van der Waals surface area contributed by atoms with Crippen molar-refractivity contribution in [1.82, 2.24) is 9.97 Å². The van der Waals surface area contributed by atoms with Crippen LogP contribution in [0.1, 0.15) is 0 Å². The number of aromatic hydroxyl groups is 1. The van der Waals surface area contributed by atoms with Gasteiger partial charge in [0.25, 0.3) is 0 Å². The smallest absolute Gasteiger partial charge is 0.142 e. The number of hydrogen-bond donors (Lipinski definition) is 2. The summed E-state index contributed by atoms with van der Waals surface area (Å²) in [5, 5.41) is 15.4. The van der Waals surface area contributed by atoms with E-state index in [0.717, 1.165) is 16.6 Å². The molecule has 0 aliphatic carbocycles. The summed E-state index contributed by atoms with van der Waals surface area (Å²) in [5.74, 6) is 0.877. The topological polar surface area (TPSA) is 48.9 Å². The predicted molar refractivity (Wildman–Crippen MR) is 124 cm³/mol. The quantitative estimate of drug-likeness (QED) is 0.318. The van der Waals surface area contributed by atoms with Crippen LogP contribution < -0.4 is 0 Å². The molecule has 1 heterocycles. The Balaban J connectivity index is 1.65. The lowest BCUT2D eigenvalue weighted by molar-refractivity contribution is 0.477.